The van der Waals surface area contributed by atoms with Crippen LogP contribution in [0, 0.1) is 0 Å². The number of aliphatic hydroxyl groups is 1. The first kappa shape index (κ1) is 29.1. The summed E-state index contributed by atoms with van der Waals surface area (Å²) in [4.78, 5) is 18.0. The van der Waals surface area contributed by atoms with Gasteiger partial charge < -0.3 is 25.0 Å². The molecular formula is C33H33F3N6O3. The predicted molar refractivity (Wildman–Crippen MR) is 164 cm³/mol. The van der Waals surface area contributed by atoms with E-state index in [-0.39, 0.29) is 29.8 Å². The van der Waals surface area contributed by atoms with E-state index in [1.807, 2.05) is 12.1 Å². The first-order valence-electron chi connectivity index (χ1n) is 15.3. The van der Waals surface area contributed by atoms with Gasteiger partial charge in [-0.15, -0.1) is 13.2 Å². The topological polar surface area (TPSA) is 117 Å². The normalized spacial score (nSPS) is 19.3. The van der Waals surface area contributed by atoms with Crippen LogP contribution in [0.25, 0.3) is 33.1 Å². The largest absolute Gasteiger partial charge is 0.573 e. The Labute approximate surface area is 256 Å². The maximum Gasteiger partial charge on any atom is 0.573 e. The molecule has 4 N–H and O–H groups in total. The number of para-hydroxylation sites is 1. The molecule has 1 amide bonds. The fourth-order valence-corrected chi connectivity index (χ4v) is 6.65. The molecular weight excluding hydrogens is 585 g/mol. The Balaban J connectivity index is 1.25. The van der Waals surface area contributed by atoms with Gasteiger partial charge in [-0.1, -0.05) is 37.1 Å². The van der Waals surface area contributed by atoms with Crippen LogP contribution in [0.4, 0.5) is 24.9 Å². The minimum absolute atomic E-state index is 0.0613. The minimum atomic E-state index is -4.83. The van der Waals surface area contributed by atoms with E-state index in [2.05, 4.69) is 30.1 Å². The molecule has 234 valence electrons. The molecule has 2 aromatic heterocycles. The molecule has 0 radical (unpaired) electrons. The third-order valence-corrected chi connectivity index (χ3v) is 8.89. The van der Waals surface area contributed by atoms with Crippen molar-refractivity contribution >= 4 is 39.6 Å². The van der Waals surface area contributed by atoms with Crippen molar-refractivity contribution in [2.24, 2.45) is 0 Å². The molecule has 2 aliphatic rings. The van der Waals surface area contributed by atoms with Crippen LogP contribution in [-0.2, 0) is 0 Å². The van der Waals surface area contributed by atoms with E-state index in [9.17, 15) is 23.1 Å². The number of anilines is 2. The van der Waals surface area contributed by atoms with Crippen molar-refractivity contribution < 1.29 is 27.8 Å². The van der Waals surface area contributed by atoms with E-state index in [0.717, 1.165) is 44.0 Å². The zero-order chi connectivity index (χ0) is 31.1. The highest BCUT2D eigenvalue weighted by Crippen LogP contribution is 2.38. The van der Waals surface area contributed by atoms with Gasteiger partial charge in [-0.3, -0.25) is 9.89 Å². The average Bonchev–Trinajstić information content (AvgIpc) is 3.76. The monoisotopic (exact) mass is 618 g/mol. The number of imidazole rings is 1. The third-order valence-electron chi connectivity index (χ3n) is 8.89. The predicted octanol–water partition coefficient (Wildman–Crippen LogP) is 7.37. The van der Waals surface area contributed by atoms with Crippen LogP contribution in [0.15, 0.2) is 60.7 Å². The Kier molecular flexibility index (Phi) is 7.60. The Bertz CT molecular complexity index is 1850. The van der Waals surface area contributed by atoms with Crippen molar-refractivity contribution in [1.29, 1.82) is 0 Å². The molecule has 2 aliphatic carbocycles. The van der Waals surface area contributed by atoms with E-state index in [4.69, 9.17) is 4.98 Å². The van der Waals surface area contributed by atoms with Crippen molar-refractivity contribution in [3.63, 3.8) is 0 Å². The number of aromatic nitrogens is 4. The highest BCUT2D eigenvalue weighted by Gasteiger charge is 2.32. The van der Waals surface area contributed by atoms with Gasteiger partial charge in [0.1, 0.15) is 5.75 Å². The van der Waals surface area contributed by atoms with Gasteiger partial charge in [0.15, 0.2) is 5.82 Å². The van der Waals surface area contributed by atoms with Crippen LogP contribution in [0.2, 0.25) is 0 Å². The lowest BCUT2D eigenvalue weighted by atomic mass is 9.93. The standard InChI is InChI=1S/C33H33F3N6O3/c34-33(35,36)45-29-8-4-3-7-24(29)19-9-15-26-25(17-19)30(41-40-26)39-32-38-27-18-20(31(44)37-21-5-1-2-6-21)10-16-28(27)42(32)22-11-13-23(43)14-12-22/h3-4,7-10,15-18,21-23,43H,1-2,5-6,11-14H2,(H,37,44)(H2,38,39,40,41). The minimum Gasteiger partial charge on any atom is -0.405 e. The summed E-state index contributed by atoms with van der Waals surface area (Å²) in [5.74, 6) is 0.567. The number of nitrogens with one attached hydrogen (secondary N) is 3. The molecule has 5 aromatic rings. The summed E-state index contributed by atoms with van der Waals surface area (Å²) >= 11 is 0. The van der Waals surface area contributed by atoms with Gasteiger partial charge in [-0.25, -0.2) is 4.98 Å². The summed E-state index contributed by atoms with van der Waals surface area (Å²) in [6, 6.07) is 17.0. The second kappa shape index (κ2) is 11.7. The number of H-pyrrole nitrogens is 1. The lowest BCUT2D eigenvalue weighted by Gasteiger charge is -2.28. The smallest absolute Gasteiger partial charge is 0.405 e. The fourth-order valence-electron chi connectivity index (χ4n) is 6.65. The van der Waals surface area contributed by atoms with Crippen LogP contribution >= 0.6 is 0 Å². The van der Waals surface area contributed by atoms with Crippen LogP contribution in [0.3, 0.4) is 0 Å². The first-order valence-corrected chi connectivity index (χ1v) is 15.3. The van der Waals surface area contributed by atoms with Gasteiger partial charge in [0.2, 0.25) is 5.95 Å². The number of carbonyl (C=O) groups is 1. The number of nitrogens with zero attached hydrogens (tertiary/aromatic N) is 3. The van der Waals surface area contributed by atoms with Crippen molar-refractivity contribution in [3.05, 3.63) is 66.2 Å². The fraction of sp³-hybridized carbons (Fsp3) is 0.364. The molecule has 3 aromatic carbocycles. The summed E-state index contributed by atoms with van der Waals surface area (Å²) in [5, 5.41) is 24.8. The Hall–Kier alpha value is -4.58. The molecule has 0 spiro atoms. The number of halogens is 3. The van der Waals surface area contributed by atoms with Gasteiger partial charge in [-0.2, -0.15) is 5.10 Å². The van der Waals surface area contributed by atoms with E-state index < -0.39 is 6.36 Å². The number of fused-ring (bicyclic) bond motifs is 2. The molecule has 0 unspecified atom stereocenters. The average molecular weight is 619 g/mol. The molecule has 2 saturated carbocycles. The van der Waals surface area contributed by atoms with E-state index in [0.29, 0.717) is 57.7 Å². The summed E-state index contributed by atoms with van der Waals surface area (Å²) in [7, 11) is 0. The van der Waals surface area contributed by atoms with Gasteiger partial charge in [0.05, 0.1) is 22.7 Å². The summed E-state index contributed by atoms with van der Waals surface area (Å²) in [6.45, 7) is 0. The van der Waals surface area contributed by atoms with E-state index in [1.165, 1.54) is 12.1 Å². The molecule has 7 rings (SSSR count). The molecule has 2 fully saturated rings. The van der Waals surface area contributed by atoms with Crippen LogP contribution < -0.4 is 15.4 Å². The first-order chi connectivity index (χ1) is 21.7. The van der Waals surface area contributed by atoms with Crippen LogP contribution in [0.5, 0.6) is 5.75 Å². The maximum absolute atomic E-state index is 13.1. The van der Waals surface area contributed by atoms with Crippen LogP contribution in [-0.4, -0.2) is 49.3 Å². The van der Waals surface area contributed by atoms with Gasteiger partial charge in [-0.05, 0) is 80.5 Å². The molecule has 0 bridgehead atoms. The Morgan fingerprint density at radius 3 is 2.53 bits per heavy atom. The number of rotatable bonds is 7. The number of aromatic amines is 1. The lowest BCUT2D eigenvalue weighted by molar-refractivity contribution is -0.274. The summed E-state index contributed by atoms with van der Waals surface area (Å²) in [6.07, 6.45) is 1.91. The molecule has 0 atom stereocenters. The van der Waals surface area contributed by atoms with Gasteiger partial charge >= 0.3 is 6.36 Å². The number of aliphatic hydroxyl groups excluding tert-OH is 1. The summed E-state index contributed by atoms with van der Waals surface area (Å²) < 4.78 is 45.7. The summed E-state index contributed by atoms with van der Waals surface area (Å²) in [5.41, 5.74) is 3.56. The highest BCUT2D eigenvalue weighted by molar-refractivity contribution is 5.99. The number of hydrogen-bond donors (Lipinski definition) is 4. The zero-order valence-corrected chi connectivity index (χ0v) is 24.4. The quantitative estimate of drug-likeness (QED) is 0.151. The number of hydrogen-bond acceptors (Lipinski definition) is 6. The SMILES string of the molecule is O=C(NC1CCCC1)c1ccc2c(c1)nc(Nc1n[nH]c3ccc(-c4ccccc4OC(F)(F)F)cc13)n2C1CCC(O)CC1. The number of ether oxygens (including phenoxy) is 1. The number of amides is 1. The second-order valence-corrected chi connectivity index (χ2v) is 11.9. The van der Waals surface area contributed by atoms with Gasteiger partial charge in [0.25, 0.3) is 5.91 Å². The van der Waals surface area contributed by atoms with Crippen LogP contribution in [0.1, 0.15) is 67.8 Å². The molecule has 12 heteroatoms. The molecule has 0 saturated heterocycles. The van der Waals surface area contributed by atoms with E-state index >= 15 is 0 Å². The molecule has 45 heavy (non-hydrogen) atoms. The lowest BCUT2D eigenvalue weighted by Crippen LogP contribution is -2.32. The van der Waals surface area contributed by atoms with Crippen molar-refractivity contribution in [2.45, 2.75) is 75.9 Å². The molecule has 0 aliphatic heterocycles. The molecule has 9 nitrogen and oxygen atoms in total. The van der Waals surface area contributed by atoms with Crippen molar-refractivity contribution in [1.82, 2.24) is 25.1 Å². The Morgan fingerprint density at radius 2 is 1.76 bits per heavy atom. The van der Waals surface area contributed by atoms with Crippen molar-refractivity contribution in [2.75, 3.05) is 5.32 Å². The number of carbonyl (C=O) groups excluding carboxylic acids is 1. The molecule has 2 heterocycles. The second-order valence-electron chi connectivity index (χ2n) is 11.9. The number of alkyl halides is 3. The van der Waals surface area contributed by atoms with E-state index in [1.54, 1.807) is 36.4 Å². The zero-order valence-electron chi connectivity index (χ0n) is 24.4. The maximum atomic E-state index is 13.1. The Morgan fingerprint density at radius 1 is 0.978 bits per heavy atom. The van der Waals surface area contributed by atoms with Gasteiger partial charge in [0, 0.05) is 28.6 Å². The van der Waals surface area contributed by atoms with Crippen molar-refractivity contribution in [3.8, 4) is 16.9 Å². The highest BCUT2D eigenvalue weighted by atomic mass is 19.4. The number of benzene rings is 3. The third kappa shape index (κ3) is 6.06.